The highest BCUT2D eigenvalue weighted by atomic mass is 79.9. The van der Waals surface area contributed by atoms with Crippen molar-refractivity contribution in [3.05, 3.63) is 70.3 Å². The Morgan fingerprint density at radius 1 is 1.12 bits per heavy atom. The third-order valence-corrected chi connectivity index (χ3v) is 4.66. The summed E-state index contributed by atoms with van der Waals surface area (Å²) in [6.45, 7) is 1.88. The third-order valence-electron chi connectivity index (χ3n) is 4.13. The summed E-state index contributed by atoms with van der Waals surface area (Å²) in [5.41, 5.74) is 3.25. The fraction of sp³-hybridized carbons (Fsp3) is 0.105. The molecule has 0 bridgehead atoms. The number of hydrogen-bond donors (Lipinski definition) is 1. The van der Waals surface area contributed by atoms with Gasteiger partial charge in [-0.05, 0) is 43.3 Å². The average Bonchev–Trinajstić information content (AvgIpc) is 3.15. The van der Waals surface area contributed by atoms with E-state index in [1.165, 1.54) is 0 Å². The van der Waals surface area contributed by atoms with Crippen molar-refractivity contribution in [2.75, 3.05) is 5.32 Å². The molecule has 2 aromatic heterocycles. The molecule has 26 heavy (non-hydrogen) atoms. The number of rotatable bonds is 3. The number of anilines is 1. The topological polar surface area (TPSA) is 64.7 Å². The summed E-state index contributed by atoms with van der Waals surface area (Å²) < 4.78 is 4.54. The molecule has 0 spiro atoms. The minimum absolute atomic E-state index is 0.197. The average molecular weight is 410 g/mol. The molecule has 4 aromatic rings. The van der Waals surface area contributed by atoms with Crippen LogP contribution >= 0.6 is 15.9 Å². The van der Waals surface area contributed by atoms with Gasteiger partial charge in [0, 0.05) is 23.2 Å². The van der Waals surface area contributed by atoms with Gasteiger partial charge in [-0.2, -0.15) is 9.78 Å². The second-order valence-electron chi connectivity index (χ2n) is 6.00. The van der Waals surface area contributed by atoms with Gasteiger partial charge in [-0.3, -0.25) is 4.79 Å². The minimum Gasteiger partial charge on any atom is -0.311 e. The zero-order chi connectivity index (χ0) is 18.3. The summed E-state index contributed by atoms with van der Waals surface area (Å²) in [5, 5.41) is 7.44. The molecule has 1 N–H and O–H groups in total. The van der Waals surface area contributed by atoms with E-state index in [0.717, 1.165) is 21.2 Å². The number of aromatic nitrogens is 4. The quantitative estimate of drug-likeness (QED) is 0.554. The minimum atomic E-state index is -0.197. The lowest BCUT2D eigenvalue weighted by atomic mass is 10.2. The Balaban J connectivity index is 1.73. The molecule has 4 rings (SSSR count). The highest BCUT2D eigenvalue weighted by molar-refractivity contribution is 9.10. The molecule has 7 heteroatoms. The maximum Gasteiger partial charge on any atom is 0.256 e. The number of para-hydroxylation sites is 2. The van der Waals surface area contributed by atoms with Crippen molar-refractivity contribution in [3.8, 4) is 5.95 Å². The molecule has 2 heterocycles. The molecule has 1 amide bonds. The Kier molecular flexibility index (Phi) is 4.08. The summed E-state index contributed by atoms with van der Waals surface area (Å²) in [7, 11) is 1.93. The van der Waals surface area contributed by atoms with Gasteiger partial charge in [0.15, 0.2) is 0 Å². The van der Waals surface area contributed by atoms with E-state index in [0.29, 0.717) is 17.3 Å². The van der Waals surface area contributed by atoms with Crippen LogP contribution in [0, 0.1) is 6.92 Å². The van der Waals surface area contributed by atoms with Gasteiger partial charge in [0.05, 0.1) is 16.7 Å². The van der Waals surface area contributed by atoms with Crippen LogP contribution in [0.15, 0.2) is 59.1 Å². The first-order valence-electron chi connectivity index (χ1n) is 8.08. The molecule has 0 radical (unpaired) electrons. The number of nitrogens with zero attached hydrogens (tertiary/aromatic N) is 4. The molecule has 6 nitrogen and oxygen atoms in total. The van der Waals surface area contributed by atoms with Gasteiger partial charge in [-0.25, -0.2) is 4.98 Å². The number of carbonyl (C=O) groups excluding carboxylic acids is 1. The summed E-state index contributed by atoms with van der Waals surface area (Å²) in [4.78, 5) is 17.2. The van der Waals surface area contributed by atoms with E-state index in [2.05, 4.69) is 31.3 Å². The van der Waals surface area contributed by atoms with E-state index in [9.17, 15) is 4.79 Å². The van der Waals surface area contributed by atoms with Crippen LogP contribution in [0.5, 0.6) is 0 Å². The van der Waals surface area contributed by atoms with Crippen LogP contribution in [0.2, 0.25) is 0 Å². The maximum absolute atomic E-state index is 12.6. The lowest BCUT2D eigenvalue weighted by Gasteiger charge is -2.09. The molecule has 0 aliphatic rings. The van der Waals surface area contributed by atoms with Crippen LogP contribution in [0.4, 0.5) is 5.82 Å². The number of carbonyl (C=O) groups is 1. The largest absolute Gasteiger partial charge is 0.311 e. The highest BCUT2D eigenvalue weighted by Gasteiger charge is 2.17. The zero-order valence-corrected chi connectivity index (χ0v) is 15.9. The number of amides is 1. The van der Waals surface area contributed by atoms with Crippen LogP contribution in [0.1, 0.15) is 16.1 Å². The lowest BCUT2D eigenvalue weighted by molar-refractivity contribution is 0.102. The molecule has 0 unspecified atom stereocenters. The molecular weight excluding hydrogens is 394 g/mol. The molecule has 0 aliphatic carbocycles. The van der Waals surface area contributed by atoms with E-state index >= 15 is 0 Å². The Morgan fingerprint density at radius 2 is 1.85 bits per heavy atom. The van der Waals surface area contributed by atoms with Crippen LogP contribution < -0.4 is 5.32 Å². The number of imidazole rings is 1. The molecular formula is C19H16BrN5O. The molecule has 0 atom stereocenters. The summed E-state index contributed by atoms with van der Waals surface area (Å²) in [6.07, 6.45) is 0. The first-order valence-corrected chi connectivity index (χ1v) is 8.87. The van der Waals surface area contributed by atoms with Crippen molar-refractivity contribution in [1.82, 2.24) is 19.3 Å². The third kappa shape index (κ3) is 2.90. The van der Waals surface area contributed by atoms with E-state index < -0.39 is 0 Å². The van der Waals surface area contributed by atoms with Crippen molar-refractivity contribution in [2.45, 2.75) is 6.92 Å². The normalized spacial score (nSPS) is 11.0. The van der Waals surface area contributed by atoms with E-state index in [-0.39, 0.29) is 5.91 Å². The van der Waals surface area contributed by atoms with Gasteiger partial charge in [-0.1, -0.05) is 28.1 Å². The SMILES string of the molecule is Cc1cc(NC(=O)c2ccc(Br)cc2)n(-c2nc3ccccc3n2C)n1. The number of nitrogens with one attached hydrogen (secondary N) is 1. The molecule has 0 aliphatic heterocycles. The van der Waals surface area contributed by atoms with Crippen molar-refractivity contribution in [3.63, 3.8) is 0 Å². The number of benzene rings is 2. The van der Waals surface area contributed by atoms with E-state index in [1.807, 2.05) is 61.0 Å². The summed E-state index contributed by atoms with van der Waals surface area (Å²) in [5.74, 6) is 1.02. The second kappa shape index (κ2) is 6.42. The van der Waals surface area contributed by atoms with Gasteiger partial charge in [0.25, 0.3) is 5.91 Å². The van der Waals surface area contributed by atoms with Crippen molar-refractivity contribution in [1.29, 1.82) is 0 Å². The Morgan fingerprint density at radius 3 is 2.58 bits per heavy atom. The zero-order valence-electron chi connectivity index (χ0n) is 14.3. The standard InChI is InChI=1S/C19H16BrN5O/c1-12-11-17(22-18(26)13-7-9-14(20)10-8-13)25(23-12)19-21-15-5-3-4-6-16(15)24(19)2/h3-11H,1-2H3,(H,22,26). The predicted molar refractivity (Wildman–Crippen MR) is 105 cm³/mol. The van der Waals surface area contributed by atoms with Gasteiger partial charge in [-0.15, -0.1) is 0 Å². The smallest absolute Gasteiger partial charge is 0.256 e. The fourth-order valence-electron chi connectivity index (χ4n) is 2.85. The van der Waals surface area contributed by atoms with Gasteiger partial charge in [0.2, 0.25) is 5.95 Å². The van der Waals surface area contributed by atoms with Crippen molar-refractivity contribution >= 4 is 38.7 Å². The van der Waals surface area contributed by atoms with Gasteiger partial charge < -0.3 is 9.88 Å². The number of hydrogen-bond acceptors (Lipinski definition) is 3. The van der Waals surface area contributed by atoms with Crippen LogP contribution in [0.3, 0.4) is 0 Å². The Labute approximate surface area is 158 Å². The van der Waals surface area contributed by atoms with E-state index in [1.54, 1.807) is 16.8 Å². The van der Waals surface area contributed by atoms with Crippen molar-refractivity contribution in [2.24, 2.45) is 7.05 Å². The van der Waals surface area contributed by atoms with Gasteiger partial charge >= 0.3 is 0 Å². The van der Waals surface area contributed by atoms with Crippen LogP contribution in [-0.4, -0.2) is 25.2 Å². The van der Waals surface area contributed by atoms with Crippen LogP contribution in [-0.2, 0) is 7.05 Å². The highest BCUT2D eigenvalue weighted by Crippen LogP contribution is 2.22. The fourth-order valence-corrected chi connectivity index (χ4v) is 3.12. The monoisotopic (exact) mass is 409 g/mol. The molecule has 0 saturated heterocycles. The molecule has 2 aromatic carbocycles. The van der Waals surface area contributed by atoms with Crippen LogP contribution in [0.25, 0.3) is 17.0 Å². The first kappa shape index (κ1) is 16.5. The number of fused-ring (bicyclic) bond motifs is 1. The Bertz CT molecular complexity index is 1110. The molecule has 130 valence electrons. The van der Waals surface area contributed by atoms with E-state index in [4.69, 9.17) is 0 Å². The summed E-state index contributed by atoms with van der Waals surface area (Å²) in [6, 6.07) is 16.9. The Hall–Kier alpha value is -2.93. The second-order valence-corrected chi connectivity index (χ2v) is 6.92. The van der Waals surface area contributed by atoms with Gasteiger partial charge in [0.1, 0.15) is 5.82 Å². The lowest BCUT2D eigenvalue weighted by Crippen LogP contribution is -2.16. The number of aryl methyl sites for hydroxylation is 2. The van der Waals surface area contributed by atoms with Crippen molar-refractivity contribution < 1.29 is 4.79 Å². The first-order chi connectivity index (χ1) is 12.5. The molecule has 0 fully saturated rings. The predicted octanol–water partition coefficient (Wildman–Crippen LogP) is 4.08. The summed E-state index contributed by atoms with van der Waals surface area (Å²) >= 11 is 3.37. The number of halogens is 1. The molecule has 0 saturated carbocycles. The maximum atomic E-state index is 12.6.